The Morgan fingerprint density at radius 1 is 1.07 bits per heavy atom. The molecule has 2 aromatic rings. The van der Waals surface area contributed by atoms with Gasteiger partial charge in [0, 0.05) is 31.2 Å². The van der Waals surface area contributed by atoms with E-state index in [2.05, 4.69) is 0 Å². The van der Waals surface area contributed by atoms with Crippen molar-refractivity contribution in [3.63, 3.8) is 0 Å². The van der Waals surface area contributed by atoms with Crippen LogP contribution in [0.5, 0.6) is 5.75 Å². The maximum Gasteiger partial charge on any atom is 0.260 e. The number of piperazine rings is 1. The molecular weight excluding hydrogens is 371 g/mol. The largest absolute Gasteiger partial charge is 0.484 e. The average Bonchev–Trinajstić information content (AvgIpc) is 2.67. The normalized spacial score (nSPS) is 14.2. The van der Waals surface area contributed by atoms with E-state index in [4.69, 9.17) is 16.3 Å². The SMILES string of the molecule is Cc1cccc(OCC(=O)N2CCN(C(=O)c3cc(Cl)ccc3F)CC2)c1. The van der Waals surface area contributed by atoms with Crippen molar-refractivity contribution in [3.05, 3.63) is 64.4 Å². The number of aryl methyl sites for hydroxylation is 1. The van der Waals surface area contributed by atoms with Gasteiger partial charge in [-0.05, 0) is 42.8 Å². The molecule has 1 aliphatic heterocycles. The molecule has 2 aromatic carbocycles. The van der Waals surface area contributed by atoms with Crippen molar-refractivity contribution >= 4 is 23.4 Å². The van der Waals surface area contributed by atoms with E-state index in [0.717, 1.165) is 5.56 Å². The Hall–Kier alpha value is -2.60. The molecule has 142 valence electrons. The third kappa shape index (κ3) is 4.77. The number of nitrogens with zero attached hydrogens (tertiary/aromatic N) is 2. The summed E-state index contributed by atoms with van der Waals surface area (Å²) in [4.78, 5) is 28.0. The molecule has 1 heterocycles. The third-order valence-electron chi connectivity index (χ3n) is 4.43. The van der Waals surface area contributed by atoms with Crippen molar-refractivity contribution in [3.8, 4) is 5.75 Å². The second-order valence-electron chi connectivity index (χ2n) is 6.40. The van der Waals surface area contributed by atoms with Gasteiger partial charge in [0.15, 0.2) is 6.61 Å². The molecule has 0 atom stereocenters. The monoisotopic (exact) mass is 390 g/mol. The van der Waals surface area contributed by atoms with E-state index in [0.29, 0.717) is 37.0 Å². The summed E-state index contributed by atoms with van der Waals surface area (Å²) in [6.45, 7) is 3.32. The van der Waals surface area contributed by atoms with Gasteiger partial charge in [-0.1, -0.05) is 23.7 Å². The molecule has 5 nitrogen and oxygen atoms in total. The van der Waals surface area contributed by atoms with Crippen LogP contribution in [0.3, 0.4) is 0 Å². The minimum atomic E-state index is -0.602. The molecule has 0 aliphatic carbocycles. The van der Waals surface area contributed by atoms with Crippen molar-refractivity contribution in [2.24, 2.45) is 0 Å². The minimum absolute atomic E-state index is 0.0509. The first-order valence-corrected chi connectivity index (χ1v) is 9.03. The van der Waals surface area contributed by atoms with Crippen LogP contribution in [0.15, 0.2) is 42.5 Å². The van der Waals surface area contributed by atoms with E-state index in [1.807, 2.05) is 25.1 Å². The fourth-order valence-corrected chi connectivity index (χ4v) is 3.10. The molecule has 3 rings (SSSR count). The lowest BCUT2D eigenvalue weighted by Gasteiger charge is -2.34. The van der Waals surface area contributed by atoms with Gasteiger partial charge >= 0.3 is 0 Å². The smallest absolute Gasteiger partial charge is 0.260 e. The zero-order valence-electron chi connectivity index (χ0n) is 15.0. The maximum absolute atomic E-state index is 13.9. The van der Waals surface area contributed by atoms with Crippen molar-refractivity contribution in [1.82, 2.24) is 9.80 Å². The van der Waals surface area contributed by atoms with Gasteiger partial charge < -0.3 is 14.5 Å². The quantitative estimate of drug-likeness (QED) is 0.805. The lowest BCUT2D eigenvalue weighted by atomic mass is 10.1. The first-order chi connectivity index (χ1) is 12.9. The summed E-state index contributed by atoms with van der Waals surface area (Å²) in [5.41, 5.74) is 1.00. The summed E-state index contributed by atoms with van der Waals surface area (Å²) in [6.07, 6.45) is 0. The molecule has 27 heavy (non-hydrogen) atoms. The van der Waals surface area contributed by atoms with Crippen LogP contribution in [-0.2, 0) is 4.79 Å². The Morgan fingerprint density at radius 3 is 2.48 bits per heavy atom. The Bertz CT molecular complexity index is 851. The second-order valence-corrected chi connectivity index (χ2v) is 6.84. The lowest BCUT2D eigenvalue weighted by molar-refractivity contribution is -0.134. The van der Waals surface area contributed by atoms with E-state index in [-0.39, 0.29) is 18.1 Å². The molecular formula is C20H20ClFN2O3. The second kappa shape index (κ2) is 8.39. The predicted octanol–water partition coefficient (Wildman–Crippen LogP) is 3.15. The number of carbonyl (C=O) groups excluding carboxylic acids is 2. The van der Waals surface area contributed by atoms with Crippen molar-refractivity contribution in [2.75, 3.05) is 32.8 Å². The fourth-order valence-electron chi connectivity index (χ4n) is 2.93. The summed E-state index contributed by atoms with van der Waals surface area (Å²) in [7, 11) is 0. The summed E-state index contributed by atoms with van der Waals surface area (Å²) < 4.78 is 19.4. The number of benzene rings is 2. The number of halogens is 2. The number of amides is 2. The van der Waals surface area contributed by atoms with Gasteiger partial charge in [0.05, 0.1) is 5.56 Å². The highest BCUT2D eigenvalue weighted by molar-refractivity contribution is 6.31. The number of rotatable bonds is 4. The summed E-state index contributed by atoms with van der Waals surface area (Å²) in [5, 5.41) is 0.307. The molecule has 0 aromatic heterocycles. The zero-order chi connectivity index (χ0) is 19.4. The first kappa shape index (κ1) is 19.2. The van der Waals surface area contributed by atoms with Crippen LogP contribution in [0, 0.1) is 12.7 Å². The van der Waals surface area contributed by atoms with Gasteiger partial charge in [0.25, 0.3) is 11.8 Å². The summed E-state index contributed by atoms with van der Waals surface area (Å²) in [6, 6.07) is 11.4. The van der Waals surface area contributed by atoms with Gasteiger partial charge in [0.1, 0.15) is 11.6 Å². The highest BCUT2D eigenvalue weighted by Crippen LogP contribution is 2.18. The van der Waals surface area contributed by atoms with E-state index in [1.54, 1.807) is 11.0 Å². The van der Waals surface area contributed by atoms with Crippen LogP contribution in [-0.4, -0.2) is 54.4 Å². The molecule has 0 bridgehead atoms. The topological polar surface area (TPSA) is 49.9 Å². The van der Waals surface area contributed by atoms with Crippen LogP contribution < -0.4 is 4.74 Å². The molecule has 1 aliphatic rings. The van der Waals surface area contributed by atoms with Crippen molar-refractivity contribution in [1.29, 1.82) is 0 Å². The van der Waals surface area contributed by atoms with E-state index < -0.39 is 11.7 Å². The number of hydrogen-bond donors (Lipinski definition) is 0. The van der Waals surface area contributed by atoms with Gasteiger partial charge in [0.2, 0.25) is 0 Å². The van der Waals surface area contributed by atoms with Crippen LogP contribution in [0.2, 0.25) is 5.02 Å². The molecule has 0 saturated carbocycles. The molecule has 0 unspecified atom stereocenters. The highest BCUT2D eigenvalue weighted by Gasteiger charge is 2.26. The van der Waals surface area contributed by atoms with Crippen LogP contribution >= 0.6 is 11.6 Å². The van der Waals surface area contributed by atoms with Gasteiger partial charge in [-0.3, -0.25) is 9.59 Å². The fraction of sp³-hybridized carbons (Fsp3) is 0.300. The van der Waals surface area contributed by atoms with Gasteiger partial charge in [-0.2, -0.15) is 0 Å². The maximum atomic E-state index is 13.9. The standard InChI is InChI=1S/C20H20ClFN2O3/c1-14-3-2-4-16(11-14)27-13-19(25)23-7-9-24(10-8-23)20(26)17-12-15(21)5-6-18(17)22/h2-6,11-12H,7-10,13H2,1H3. The van der Waals surface area contributed by atoms with E-state index >= 15 is 0 Å². The zero-order valence-corrected chi connectivity index (χ0v) is 15.7. The predicted molar refractivity (Wildman–Crippen MR) is 101 cm³/mol. The summed E-state index contributed by atoms with van der Waals surface area (Å²) in [5.74, 6) is -0.515. The van der Waals surface area contributed by atoms with Gasteiger partial charge in [-0.25, -0.2) is 4.39 Å². The number of carbonyl (C=O) groups is 2. The molecule has 0 spiro atoms. The number of ether oxygens (including phenoxy) is 1. The molecule has 1 saturated heterocycles. The van der Waals surface area contributed by atoms with Crippen molar-refractivity contribution < 1.29 is 18.7 Å². The Balaban J connectivity index is 1.53. The van der Waals surface area contributed by atoms with Crippen LogP contribution in [0.1, 0.15) is 15.9 Å². The Kier molecular flexibility index (Phi) is 5.96. The third-order valence-corrected chi connectivity index (χ3v) is 4.67. The first-order valence-electron chi connectivity index (χ1n) is 8.65. The Morgan fingerprint density at radius 2 is 1.78 bits per heavy atom. The van der Waals surface area contributed by atoms with Crippen LogP contribution in [0.25, 0.3) is 0 Å². The van der Waals surface area contributed by atoms with Crippen LogP contribution in [0.4, 0.5) is 4.39 Å². The molecule has 1 fully saturated rings. The molecule has 2 amide bonds. The number of hydrogen-bond acceptors (Lipinski definition) is 3. The molecule has 0 N–H and O–H groups in total. The molecule has 7 heteroatoms. The Labute approximate surface area is 162 Å². The summed E-state index contributed by atoms with van der Waals surface area (Å²) >= 11 is 5.86. The van der Waals surface area contributed by atoms with E-state index in [9.17, 15) is 14.0 Å². The average molecular weight is 391 g/mol. The van der Waals surface area contributed by atoms with Gasteiger partial charge in [-0.15, -0.1) is 0 Å². The lowest BCUT2D eigenvalue weighted by Crippen LogP contribution is -2.51. The highest BCUT2D eigenvalue weighted by atomic mass is 35.5. The van der Waals surface area contributed by atoms with E-state index in [1.165, 1.54) is 23.1 Å². The van der Waals surface area contributed by atoms with Crippen molar-refractivity contribution in [2.45, 2.75) is 6.92 Å². The molecule has 0 radical (unpaired) electrons. The minimum Gasteiger partial charge on any atom is -0.484 e.